The van der Waals surface area contributed by atoms with E-state index in [2.05, 4.69) is 0 Å². The number of carbonyl (C=O) groups is 2. The first-order valence-corrected chi connectivity index (χ1v) is 9.83. The number of benzene rings is 2. The van der Waals surface area contributed by atoms with Gasteiger partial charge in [0.1, 0.15) is 6.61 Å². The highest BCUT2D eigenvalue weighted by Crippen LogP contribution is 2.33. The largest absolute Gasteiger partial charge is 0.363 e. The Hall–Kier alpha value is -2.66. The van der Waals surface area contributed by atoms with Crippen LogP contribution in [-0.2, 0) is 9.53 Å². The van der Waals surface area contributed by atoms with E-state index in [0.29, 0.717) is 19.6 Å². The molecular weight excluding hydrogens is 352 g/mol. The number of nitrogens with zero attached hydrogens (tertiary/aromatic N) is 2. The van der Waals surface area contributed by atoms with Crippen molar-refractivity contribution in [3.05, 3.63) is 65.2 Å². The average Bonchev–Trinajstić information content (AvgIpc) is 2.72. The molecule has 4 rings (SSSR count). The maximum absolute atomic E-state index is 13.0. The van der Waals surface area contributed by atoms with Gasteiger partial charge in [-0.25, -0.2) is 0 Å². The minimum Gasteiger partial charge on any atom is -0.363 e. The van der Waals surface area contributed by atoms with Crippen LogP contribution in [0.15, 0.2) is 48.5 Å². The van der Waals surface area contributed by atoms with Crippen molar-refractivity contribution in [3.8, 4) is 0 Å². The first-order chi connectivity index (χ1) is 13.5. The lowest BCUT2D eigenvalue weighted by atomic mass is 9.88. The lowest BCUT2D eigenvalue weighted by Gasteiger charge is -2.47. The second-order valence-electron chi connectivity index (χ2n) is 7.90. The summed E-state index contributed by atoms with van der Waals surface area (Å²) in [5.41, 5.74) is 3.41. The highest BCUT2D eigenvalue weighted by molar-refractivity contribution is 5.96. The van der Waals surface area contributed by atoms with Crippen molar-refractivity contribution in [3.63, 3.8) is 0 Å². The van der Waals surface area contributed by atoms with Crippen molar-refractivity contribution in [2.24, 2.45) is 0 Å². The number of hydrogen-bond acceptors (Lipinski definition) is 3. The van der Waals surface area contributed by atoms with Crippen LogP contribution in [0, 0.1) is 13.8 Å². The minimum atomic E-state index is -0.373. The van der Waals surface area contributed by atoms with Crippen LogP contribution >= 0.6 is 0 Å². The molecule has 0 atom stereocenters. The van der Waals surface area contributed by atoms with E-state index in [1.54, 1.807) is 0 Å². The van der Waals surface area contributed by atoms with E-state index in [9.17, 15) is 9.59 Å². The maximum Gasteiger partial charge on any atom is 0.254 e. The molecule has 2 aliphatic rings. The smallest absolute Gasteiger partial charge is 0.254 e. The third kappa shape index (κ3) is 3.54. The summed E-state index contributed by atoms with van der Waals surface area (Å²) in [6.45, 7) is 5.91. The van der Waals surface area contributed by atoms with Gasteiger partial charge in [0.15, 0.2) is 0 Å². The number of para-hydroxylation sites is 1. The molecule has 2 fully saturated rings. The Morgan fingerprint density at radius 3 is 2.46 bits per heavy atom. The summed E-state index contributed by atoms with van der Waals surface area (Å²) in [4.78, 5) is 29.1. The highest BCUT2D eigenvalue weighted by atomic mass is 16.5. The van der Waals surface area contributed by atoms with E-state index in [1.165, 1.54) is 0 Å². The van der Waals surface area contributed by atoms with Gasteiger partial charge in [-0.3, -0.25) is 9.59 Å². The Balaban J connectivity index is 1.46. The molecule has 28 heavy (non-hydrogen) atoms. The number of piperidine rings is 1. The van der Waals surface area contributed by atoms with Crippen molar-refractivity contribution in [2.45, 2.75) is 32.3 Å². The molecule has 0 unspecified atom stereocenters. The van der Waals surface area contributed by atoms with Crippen molar-refractivity contribution in [2.75, 3.05) is 31.1 Å². The number of rotatable bonds is 2. The Morgan fingerprint density at radius 1 is 1.04 bits per heavy atom. The van der Waals surface area contributed by atoms with Crippen molar-refractivity contribution in [1.82, 2.24) is 4.90 Å². The number of anilines is 1. The molecule has 2 aliphatic heterocycles. The maximum atomic E-state index is 13.0. The molecule has 0 radical (unpaired) electrons. The van der Waals surface area contributed by atoms with E-state index < -0.39 is 0 Å². The van der Waals surface area contributed by atoms with Crippen LogP contribution in [0.3, 0.4) is 0 Å². The highest BCUT2D eigenvalue weighted by Gasteiger charge is 2.43. The summed E-state index contributed by atoms with van der Waals surface area (Å²) in [6.07, 6.45) is 1.47. The molecule has 2 aromatic rings. The Bertz CT molecular complexity index is 886. The third-order valence-corrected chi connectivity index (χ3v) is 5.90. The number of hydrogen-bond donors (Lipinski definition) is 0. The zero-order chi connectivity index (χ0) is 19.7. The molecular formula is C23H26N2O3. The van der Waals surface area contributed by atoms with Gasteiger partial charge in [0, 0.05) is 24.3 Å². The fourth-order valence-corrected chi connectivity index (χ4v) is 4.11. The summed E-state index contributed by atoms with van der Waals surface area (Å²) in [7, 11) is 0. The van der Waals surface area contributed by atoms with Crippen LogP contribution in [0.2, 0.25) is 0 Å². The Kier molecular flexibility index (Phi) is 4.94. The monoisotopic (exact) mass is 378 g/mol. The van der Waals surface area contributed by atoms with Gasteiger partial charge in [0.2, 0.25) is 0 Å². The zero-order valence-electron chi connectivity index (χ0n) is 16.5. The molecule has 2 saturated heterocycles. The topological polar surface area (TPSA) is 49.9 Å². The van der Waals surface area contributed by atoms with Crippen LogP contribution in [0.1, 0.15) is 34.3 Å². The van der Waals surface area contributed by atoms with E-state index in [4.69, 9.17) is 4.74 Å². The third-order valence-electron chi connectivity index (χ3n) is 5.90. The van der Waals surface area contributed by atoms with Gasteiger partial charge in [-0.1, -0.05) is 35.9 Å². The fraction of sp³-hybridized carbons (Fsp3) is 0.391. The summed E-state index contributed by atoms with van der Waals surface area (Å²) in [5.74, 6) is 0.0774. The van der Waals surface area contributed by atoms with E-state index in [0.717, 1.165) is 35.2 Å². The van der Waals surface area contributed by atoms with E-state index in [-0.39, 0.29) is 24.0 Å². The minimum absolute atomic E-state index is 0.00860. The lowest BCUT2D eigenvalue weighted by Crippen LogP contribution is -2.59. The second-order valence-corrected chi connectivity index (χ2v) is 7.90. The molecule has 2 heterocycles. The predicted molar refractivity (Wildman–Crippen MR) is 109 cm³/mol. The molecule has 0 saturated carbocycles. The van der Waals surface area contributed by atoms with E-state index in [1.807, 2.05) is 72.2 Å². The summed E-state index contributed by atoms with van der Waals surface area (Å²) in [6, 6.07) is 15.7. The standard InChI is InChI=1S/C23H26N2O3/c1-17-8-9-18(2)20(14-17)22(27)24-12-10-23(11-13-24)16-25(21(26)15-28-23)19-6-4-3-5-7-19/h3-9,14H,10-13,15-16H2,1-2H3. The zero-order valence-corrected chi connectivity index (χ0v) is 16.5. The van der Waals surface area contributed by atoms with Gasteiger partial charge in [-0.2, -0.15) is 0 Å². The van der Waals surface area contributed by atoms with Crippen molar-refractivity contribution < 1.29 is 14.3 Å². The van der Waals surface area contributed by atoms with Crippen LogP contribution < -0.4 is 4.90 Å². The Morgan fingerprint density at radius 2 is 1.75 bits per heavy atom. The number of likely N-dealkylation sites (tertiary alicyclic amines) is 1. The van der Waals surface area contributed by atoms with Gasteiger partial charge >= 0.3 is 0 Å². The molecule has 146 valence electrons. The predicted octanol–water partition coefficient (Wildman–Crippen LogP) is 3.34. The van der Waals surface area contributed by atoms with Crippen LogP contribution in [0.4, 0.5) is 5.69 Å². The molecule has 0 aromatic heterocycles. The summed E-state index contributed by atoms with van der Waals surface area (Å²) in [5, 5.41) is 0. The van der Waals surface area contributed by atoms with Gasteiger partial charge in [-0.05, 0) is 50.5 Å². The summed E-state index contributed by atoms with van der Waals surface area (Å²) >= 11 is 0. The Labute approximate surface area is 165 Å². The SMILES string of the molecule is Cc1ccc(C)c(C(=O)N2CCC3(CC2)CN(c2ccccc2)C(=O)CO3)c1. The van der Waals surface area contributed by atoms with Gasteiger partial charge in [0.05, 0.1) is 12.1 Å². The summed E-state index contributed by atoms with van der Waals surface area (Å²) < 4.78 is 6.02. The van der Waals surface area contributed by atoms with Gasteiger partial charge in [-0.15, -0.1) is 0 Å². The van der Waals surface area contributed by atoms with Crippen molar-refractivity contribution >= 4 is 17.5 Å². The fourth-order valence-electron chi connectivity index (χ4n) is 4.11. The van der Waals surface area contributed by atoms with Crippen LogP contribution in [0.5, 0.6) is 0 Å². The van der Waals surface area contributed by atoms with Gasteiger partial charge in [0.25, 0.3) is 11.8 Å². The molecule has 0 N–H and O–H groups in total. The molecule has 0 bridgehead atoms. The normalized spacial score (nSPS) is 19.1. The first kappa shape index (κ1) is 18.7. The number of amides is 2. The van der Waals surface area contributed by atoms with Crippen molar-refractivity contribution in [1.29, 1.82) is 0 Å². The molecule has 2 aromatic carbocycles. The van der Waals surface area contributed by atoms with Gasteiger partial charge < -0.3 is 14.5 Å². The lowest BCUT2D eigenvalue weighted by molar-refractivity contribution is -0.143. The number of aryl methyl sites for hydroxylation is 2. The number of morpholine rings is 1. The molecule has 0 aliphatic carbocycles. The van der Waals surface area contributed by atoms with Crippen LogP contribution in [0.25, 0.3) is 0 Å². The molecule has 1 spiro atoms. The second kappa shape index (κ2) is 7.40. The molecule has 5 heteroatoms. The first-order valence-electron chi connectivity index (χ1n) is 9.83. The van der Waals surface area contributed by atoms with E-state index >= 15 is 0 Å². The molecule has 5 nitrogen and oxygen atoms in total. The molecule has 2 amide bonds. The van der Waals surface area contributed by atoms with Crippen LogP contribution in [-0.4, -0.2) is 48.6 Å². The number of ether oxygens (including phenoxy) is 1. The number of carbonyl (C=O) groups excluding carboxylic acids is 2. The average molecular weight is 378 g/mol. The quantitative estimate of drug-likeness (QED) is 0.805.